The van der Waals surface area contributed by atoms with Gasteiger partial charge in [0, 0.05) is 17.1 Å². The second-order valence-corrected chi connectivity index (χ2v) is 7.98. The lowest BCUT2D eigenvalue weighted by molar-refractivity contribution is -0.123. The molecule has 1 unspecified atom stereocenters. The second kappa shape index (κ2) is 9.30. The predicted molar refractivity (Wildman–Crippen MR) is 110 cm³/mol. The number of pyridine rings is 1. The molecule has 7 heteroatoms. The zero-order valence-corrected chi connectivity index (χ0v) is 17.0. The largest absolute Gasteiger partial charge is 0.444 e. The predicted octanol–water partition coefficient (Wildman–Crippen LogP) is 3.62. The van der Waals surface area contributed by atoms with Crippen molar-refractivity contribution in [3.05, 3.63) is 42.1 Å². The van der Waals surface area contributed by atoms with Crippen LogP contribution in [0.3, 0.4) is 0 Å². The minimum atomic E-state index is -0.738. The Kier molecular flexibility index (Phi) is 7.09. The lowest BCUT2D eigenvalue weighted by atomic mass is 10.0. The van der Waals surface area contributed by atoms with E-state index in [1.807, 2.05) is 44.2 Å². The molecule has 2 aromatic rings. The van der Waals surface area contributed by atoms with Crippen molar-refractivity contribution in [1.29, 1.82) is 0 Å². The zero-order chi connectivity index (χ0) is 20.7. The summed E-state index contributed by atoms with van der Waals surface area (Å²) in [6.45, 7) is 9.26. The Morgan fingerprint density at radius 3 is 2.61 bits per heavy atom. The molecule has 1 heterocycles. The molecule has 150 valence electrons. The summed E-state index contributed by atoms with van der Waals surface area (Å²) in [5.74, 6) is -0.194. The van der Waals surface area contributed by atoms with Gasteiger partial charge in [-0.2, -0.15) is 5.10 Å². The van der Waals surface area contributed by atoms with E-state index < -0.39 is 23.6 Å². The van der Waals surface area contributed by atoms with Crippen LogP contribution in [0.4, 0.5) is 4.79 Å². The Morgan fingerprint density at radius 2 is 1.93 bits per heavy atom. The van der Waals surface area contributed by atoms with E-state index in [1.165, 1.54) is 0 Å². The van der Waals surface area contributed by atoms with Crippen LogP contribution in [-0.4, -0.2) is 34.8 Å². The Bertz CT molecular complexity index is 851. The molecule has 0 radical (unpaired) electrons. The number of hydrazone groups is 1. The number of aromatic nitrogens is 1. The molecule has 0 spiro atoms. The molecule has 0 aliphatic rings. The molecule has 1 atom stereocenters. The molecule has 1 aromatic carbocycles. The van der Waals surface area contributed by atoms with E-state index in [-0.39, 0.29) is 5.92 Å². The molecule has 1 aromatic heterocycles. The zero-order valence-electron chi connectivity index (χ0n) is 17.0. The van der Waals surface area contributed by atoms with Crippen molar-refractivity contribution < 1.29 is 14.3 Å². The van der Waals surface area contributed by atoms with Crippen LogP contribution in [-0.2, 0) is 9.53 Å². The number of para-hydroxylation sites is 1. The van der Waals surface area contributed by atoms with Gasteiger partial charge in [-0.25, -0.2) is 10.2 Å². The Hall–Kier alpha value is -2.96. The van der Waals surface area contributed by atoms with E-state index in [0.29, 0.717) is 6.42 Å². The van der Waals surface area contributed by atoms with Gasteiger partial charge >= 0.3 is 6.09 Å². The van der Waals surface area contributed by atoms with Gasteiger partial charge in [-0.15, -0.1) is 0 Å². The van der Waals surface area contributed by atoms with Crippen LogP contribution in [0.5, 0.6) is 0 Å². The van der Waals surface area contributed by atoms with E-state index in [1.54, 1.807) is 33.2 Å². The van der Waals surface area contributed by atoms with Gasteiger partial charge in [0.15, 0.2) is 0 Å². The van der Waals surface area contributed by atoms with Gasteiger partial charge in [0.25, 0.3) is 5.91 Å². The first-order chi connectivity index (χ1) is 13.2. The minimum absolute atomic E-state index is 0.205. The first-order valence-corrected chi connectivity index (χ1v) is 9.32. The number of carbonyl (C=O) groups is 2. The minimum Gasteiger partial charge on any atom is -0.444 e. The normalized spacial score (nSPS) is 12.9. The molecular formula is C21H28N4O3. The number of hydrogen-bond acceptors (Lipinski definition) is 5. The standard InChI is InChI=1S/C21H28N4O3/c1-14(2)12-17(24-20(27)28-21(3,4)5)19(26)25-23-13-16-9-6-8-15-10-7-11-22-18(15)16/h6-11,13-14,17H,12H2,1-5H3,(H,24,27)(H,25,26)/b23-13+. The highest BCUT2D eigenvalue weighted by Crippen LogP contribution is 2.14. The Morgan fingerprint density at radius 1 is 1.21 bits per heavy atom. The van der Waals surface area contributed by atoms with Crippen molar-refractivity contribution in [3.8, 4) is 0 Å². The average molecular weight is 384 g/mol. The van der Waals surface area contributed by atoms with Gasteiger partial charge in [-0.3, -0.25) is 9.78 Å². The van der Waals surface area contributed by atoms with Crippen molar-refractivity contribution >= 4 is 29.1 Å². The summed E-state index contributed by atoms with van der Waals surface area (Å²) in [5.41, 5.74) is 3.46. The van der Waals surface area contributed by atoms with Gasteiger partial charge in [0.1, 0.15) is 11.6 Å². The summed E-state index contributed by atoms with van der Waals surface area (Å²) in [6, 6.07) is 8.82. The fraction of sp³-hybridized carbons (Fsp3) is 0.429. The van der Waals surface area contributed by atoms with E-state index in [2.05, 4.69) is 20.8 Å². The molecule has 2 amide bonds. The van der Waals surface area contributed by atoms with Crippen molar-refractivity contribution in [3.63, 3.8) is 0 Å². The number of benzene rings is 1. The quantitative estimate of drug-likeness (QED) is 0.588. The number of carbonyl (C=O) groups excluding carboxylic acids is 2. The van der Waals surface area contributed by atoms with Gasteiger partial charge in [-0.05, 0) is 39.2 Å². The summed E-state index contributed by atoms with van der Waals surface area (Å²) in [4.78, 5) is 28.9. The molecule has 0 bridgehead atoms. The number of alkyl carbamates (subject to hydrolysis) is 1. The molecular weight excluding hydrogens is 356 g/mol. The number of ether oxygens (including phenoxy) is 1. The average Bonchev–Trinajstić information content (AvgIpc) is 2.59. The summed E-state index contributed by atoms with van der Waals surface area (Å²) >= 11 is 0. The van der Waals surface area contributed by atoms with Crippen molar-refractivity contribution in [2.75, 3.05) is 0 Å². The summed E-state index contributed by atoms with van der Waals surface area (Å²) in [7, 11) is 0. The lowest BCUT2D eigenvalue weighted by Crippen LogP contribution is -2.47. The van der Waals surface area contributed by atoms with Crippen molar-refractivity contribution in [2.45, 2.75) is 52.7 Å². The molecule has 0 fully saturated rings. The first-order valence-electron chi connectivity index (χ1n) is 9.32. The Balaban J connectivity index is 2.06. The van der Waals surface area contributed by atoms with Crippen LogP contribution in [0.25, 0.3) is 10.9 Å². The molecule has 0 saturated carbocycles. The van der Waals surface area contributed by atoms with E-state index in [4.69, 9.17) is 4.74 Å². The van der Waals surface area contributed by atoms with Crippen molar-refractivity contribution in [1.82, 2.24) is 15.7 Å². The van der Waals surface area contributed by atoms with Gasteiger partial charge in [0.2, 0.25) is 0 Å². The van der Waals surface area contributed by atoms with Crippen LogP contribution in [0.15, 0.2) is 41.6 Å². The number of hydrogen-bond donors (Lipinski definition) is 2. The molecule has 7 nitrogen and oxygen atoms in total. The third-order valence-electron chi connectivity index (χ3n) is 3.76. The van der Waals surface area contributed by atoms with Crippen LogP contribution in [0.1, 0.15) is 46.6 Å². The highest BCUT2D eigenvalue weighted by Gasteiger charge is 2.25. The van der Waals surface area contributed by atoms with Gasteiger partial charge < -0.3 is 10.1 Å². The van der Waals surface area contributed by atoms with Crippen LogP contribution in [0, 0.1) is 5.92 Å². The highest BCUT2D eigenvalue weighted by molar-refractivity contribution is 5.97. The molecule has 2 N–H and O–H groups in total. The van der Waals surface area contributed by atoms with E-state index in [0.717, 1.165) is 16.5 Å². The number of rotatable bonds is 6. The summed E-state index contributed by atoms with van der Waals surface area (Å²) < 4.78 is 5.25. The smallest absolute Gasteiger partial charge is 0.408 e. The molecule has 0 aliphatic heterocycles. The molecule has 2 rings (SSSR count). The van der Waals surface area contributed by atoms with Crippen LogP contribution >= 0.6 is 0 Å². The van der Waals surface area contributed by atoms with Gasteiger partial charge in [-0.1, -0.05) is 38.1 Å². The van der Waals surface area contributed by atoms with Crippen molar-refractivity contribution in [2.24, 2.45) is 11.0 Å². The first kappa shape index (κ1) is 21.3. The van der Waals surface area contributed by atoms with E-state index in [9.17, 15) is 9.59 Å². The third-order valence-corrected chi connectivity index (χ3v) is 3.76. The Labute approximate surface area is 165 Å². The maximum Gasteiger partial charge on any atom is 0.408 e. The lowest BCUT2D eigenvalue weighted by Gasteiger charge is -2.23. The monoisotopic (exact) mass is 384 g/mol. The van der Waals surface area contributed by atoms with E-state index >= 15 is 0 Å². The van der Waals surface area contributed by atoms with Crippen LogP contribution in [0.2, 0.25) is 0 Å². The number of nitrogens with one attached hydrogen (secondary N) is 2. The molecule has 0 aliphatic carbocycles. The number of fused-ring (bicyclic) bond motifs is 1. The highest BCUT2D eigenvalue weighted by atomic mass is 16.6. The fourth-order valence-electron chi connectivity index (χ4n) is 2.63. The van der Waals surface area contributed by atoms with Crippen LogP contribution < -0.4 is 10.7 Å². The maximum atomic E-state index is 12.5. The maximum absolute atomic E-state index is 12.5. The summed E-state index contributed by atoms with van der Waals surface area (Å²) in [6.07, 6.45) is 3.10. The molecule has 0 saturated heterocycles. The van der Waals surface area contributed by atoms with Gasteiger partial charge in [0.05, 0.1) is 11.7 Å². The fourth-order valence-corrected chi connectivity index (χ4v) is 2.63. The number of amides is 2. The topological polar surface area (TPSA) is 92.7 Å². The summed E-state index contributed by atoms with van der Waals surface area (Å²) in [5, 5.41) is 7.66. The molecule has 28 heavy (non-hydrogen) atoms. The second-order valence-electron chi connectivity index (χ2n) is 7.98. The SMILES string of the molecule is CC(C)CC(NC(=O)OC(C)(C)C)C(=O)N/N=C/c1cccc2cccnc12. The third kappa shape index (κ3) is 6.64. The number of nitrogens with zero attached hydrogens (tertiary/aromatic N) is 2.